The van der Waals surface area contributed by atoms with E-state index in [1.807, 2.05) is 6.92 Å². The van der Waals surface area contributed by atoms with Gasteiger partial charge in [-0.25, -0.2) is 8.42 Å². The first kappa shape index (κ1) is 13.5. The van der Waals surface area contributed by atoms with Gasteiger partial charge in [-0.2, -0.15) is 4.31 Å². The molecule has 1 aliphatic rings. The molecule has 5 heteroatoms. The zero-order chi connectivity index (χ0) is 13.2. The first-order chi connectivity index (χ1) is 8.54. The monoisotopic (exact) mass is 269 g/mol. The number of aliphatic hydroxyl groups excluding tert-OH is 1. The fourth-order valence-corrected chi connectivity index (χ4v) is 3.81. The zero-order valence-electron chi connectivity index (χ0n) is 10.5. The van der Waals surface area contributed by atoms with Crippen LogP contribution in [0.3, 0.4) is 0 Å². The summed E-state index contributed by atoms with van der Waals surface area (Å²) in [7, 11) is -3.40. The number of benzene rings is 1. The van der Waals surface area contributed by atoms with Gasteiger partial charge in [0.15, 0.2) is 0 Å². The van der Waals surface area contributed by atoms with E-state index < -0.39 is 10.0 Å². The highest BCUT2D eigenvalue weighted by Crippen LogP contribution is 2.23. The molecule has 1 heterocycles. The van der Waals surface area contributed by atoms with Crippen LogP contribution in [-0.4, -0.2) is 37.5 Å². The van der Waals surface area contributed by atoms with Gasteiger partial charge >= 0.3 is 0 Å². The van der Waals surface area contributed by atoms with Crippen LogP contribution in [0.15, 0.2) is 29.2 Å². The standard InChI is InChI=1S/C13H19NO3S/c1-11-4-6-13(7-5-11)18(16,17)14-8-2-3-12(9-14)10-15/h4-7,12,15H,2-3,8-10H2,1H3. The maximum atomic E-state index is 12.4. The highest BCUT2D eigenvalue weighted by molar-refractivity contribution is 7.89. The molecule has 1 unspecified atom stereocenters. The van der Waals surface area contributed by atoms with Gasteiger partial charge in [-0.05, 0) is 37.8 Å². The summed E-state index contributed by atoms with van der Waals surface area (Å²) >= 11 is 0. The van der Waals surface area contributed by atoms with Crippen molar-refractivity contribution >= 4 is 10.0 Å². The minimum atomic E-state index is -3.40. The molecule has 1 aromatic carbocycles. The molecule has 0 amide bonds. The van der Waals surface area contributed by atoms with Gasteiger partial charge in [0.2, 0.25) is 10.0 Å². The molecule has 18 heavy (non-hydrogen) atoms. The van der Waals surface area contributed by atoms with Crippen molar-refractivity contribution in [3.05, 3.63) is 29.8 Å². The Morgan fingerprint density at radius 3 is 2.61 bits per heavy atom. The number of rotatable bonds is 3. The maximum Gasteiger partial charge on any atom is 0.243 e. The van der Waals surface area contributed by atoms with Crippen molar-refractivity contribution in [2.45, 2.75) is 24.7 Å². The molecule has 100 valence electrons. The Morgan fingerprint density at radius 2 is 2.00 bits per heavy atom. The first-order valence-electron chi connectivity index (χ1n) is 6.21. The second-order valence-electron chi connectivity index (χ2n) is 4.87. The number of nitrogens with zero attached hydrogens (tertiary/aromatic N) is 1. The van der Waals surface area contributed by atoms with Crippen LogP contribution in [0.5, 0.6) is 0 Å². The van der Waals surface area contributed by atoms with Crippen LogP contribution in [0.25, 0.3) is 0 Å². The number of hydrogen-bond acceptors (Lipinski definition) is 3. The van der Waals surface area contributed by atoms with Crippen molar-refractivity contribution in [1.29, 1.82) is 0 Å². The SMILES string of the molecule is Cc1ccc(S(=O)(=O)N2CCCC(CO)C2)cc1. The predicted octanol–water partition coefficient (Wildman–Crippen LogP) is 1.39. The lowest BCUT2D eigenvalue weighted by molar-refractivity contribution is 0.165. The maximum absolute atomic E-state index is 12.4. The zero-order valence-corrected chi connectivity index (χ0v) is 11.4. The Morgan fingerprint density at radius 1 is 1.33 bits per heavy atom. The molecule has 0 radical (unpaired) electrons. The first-order valence-corrected chi connectivity index (χ1v) is 7.65. The third-order valence-corrected chi connectivity index (χ3v) is 5.28. The van der Waals surface area contributed by atoms with Crippen LogP contribution in [0, 0.1) is 12.8 Å². The van der Waals surface area contributed by atoms with E-state index in [2.05, 4.69) is 0 Å². The lowest BCUT2D eigenvalue weighted by atomic mass is 10.0. The van der Waals surface area contributed by atoms with Crippen LogP contribution in [0.4, 0.5) is 0 Å². The third kappa shape index (κ3) is 2.74. The van der Waals surface area contributed by atoms with Gasteiger partial charge in [0, 0.05) is 19.7 Å². The summed E-state index contributed by atoms with van der Waals surface area (Å²) in [5.74, 6) is 0.0685. The van der Waals surface area contributed by atoms with Gasteiger partial charge in [-0.15, -0.1) is 0 Å². The van der Waals surface area contributed by atoms with E-state index in [1.54, 1.807) is 24.3 Å². The Kier molecular flexibility index (Phi) is 4.04. The van der Waals surface area contributed by atoms with Gasteiger partial charge in [0.1, 0.15) is 0 Å². The van der Waals surface area contributed by atoms with Gasteiger partial charge in [0.25, 0.3) is 0 Å². The highest BCUT2D eigenvalue weighted by Gasteiger charge is 2.29. The average Bonchev–Trinajstić information content (AvgIpc) is 2.39. The normalized spacial score (nSPS) is 22.0. The van der Waals surface area contributed by atoms with Crippen LogP contribution >= 0.6 is 0 Å². The van der Waals surface area contributed by atoms with Gasteiger partial charge in [-0.1, -0.05) is 17.7 Å². The molecule has 2 rings (SSSR count). The van der Waals surface area contributed by atoms with Crippen molar-refractivity contribution in [1.82, 2.24) is 4.31 Å². The smallest absolute Gasteiger partial charge is 0.243 e. The summed E-state index contributed by atoms with van der Waals surface area (Å²) in [5, 5.41) is 9.16. The van der Waals surface area contributed by atoms with E-state index in [9.17, 15) is 8.42 Å². The Bertz CT molecular complexity index is 495. The van der Waals surface area contributed by atoms with Gasteiger partial charge in [0.05, 0.1) is 4.90 Å². The van der Waals surface area contributed by atoms with E-state index in [1.165, 1.54) is 4.31 Å². The highest BCUT2D eigenvalue weighted by atomic mass is 32.2. The van der Waals surface area contributed by atoms with E-state index >= 15 is 0 Å². The van der Waals surface area contributed by atoms with E-state index in [0.717, 1.165) is 18.4 Å². The molecule has 0 saturated carbocycles. The molecule has 1 N–H and O–H groups in total. The lowest BCUT2D eigenvalue weighted by Gasteiger charge is -2.30. The lowest BCUT2D eigenvalue weighted by Crippen LogP contribution is -2.40. The van der Waals surface area contributed by atoms with Crippen molar-refractivity contribution in [3.63, 3.8) is 0 Å². The summed E-state index contributed by atoms with van der Waals surface area (Å²) in [4.78, 5) is 0.340. The summed E-state index contributed by atoms with van der Waals surface area (Å²) in [5.41, 5.74) is 1.04. The molecule has 1 aromatic rings. The summed E-state index contributed by atoms with van der Waals surface area (Å²) in [6.45, 7) is 2.96. The van der Waals surface area contributed by atoms with Crippen LogP contribution in [0.1, 0.15) is 18.4 Å². The van der Waals surface area contributed by atoms with Crippen LogP contribution < -0.4 is 0 Å². The van der Waals surface area contributed by atoms with Crippen molar-refractivity contribution in [2.24, 2.45) is 5.92 Å². The second-order valence-corrected chi connectivity index (χ2v) is 6.80. The predicted molar refractivity (Wildman–Crippen MR) is 69.7 cm³/mol. The molecule has 0 spiro atoms. The minimum absolute atomic E-state index is 0.0555. The van der Waals surface area contributed by atoms with E-state index in [4.69, 9.17) is 5.11 Å². The Labute approximate surface area is 108 Å². The topological polar surface area (TPSA) is 57.6 Å². The van der Waals surface area contributed by atoms with Gasteiger partial charge in [-0.3, -0.25) is 0 Å². The van der Waals surface area contributed by atoms with Crippen LogP contribution in [0.2, 0.25) is 0 Å². The average molecular weight is 269 g/mol. The van der Waals surface area contributed by atoms with E-state index in [0.29, 0.717) is 18.0 Å². The fourth-order valence-electron chi connectivity index (χ4n) is 2.25. The van der Waals surface area contributed by atoms with Crippen molar-refractivity contribution in [3.8, 4) is 0 Å². The number of piperidine rings is 1. The van der Waals surface area contributed by atoms with Crippen LogP contribution in [-0.2, 0) is 10.0 Å². The number of sulfonamides is 1. The molecule has 1 atom stereocenters. The van der Waals surface area contributed by atoms with Crippen molar-refractivity contribution < 1.29 is 13.5 Å². The van der Waals surface area contributed by atoms with Crippen molar-refractivity contribution in [2.75, 3.05) is 19.7 Å². The summed E-state index contributed by atoms with van der Waals surface area (Å²) in [6, 6.07) is 6.90. The molecule has 0 aromatic heterocycles. The number of hydrogen-bond donors (Lipinski definition) is 1. The fraction of sp³-hybridized carbons (Fsp3) is 0.538. The number of aryl methyl sites for hydroxylation is 1. The largest absolute Gasteiger partial charge is 0.396 e. The molecular weight excluding hydrogens is 250 g/mol. The quantitative estimate of drug-likeness (QED) is 0.902. The summed E-state index contributed by atoms with van der Waals surface area (Å²) < 4.78 is 26.3. The third-order valence-electron chi connectivity index (χ3n) is 3.40. The molecular formula is C13H19NO3S. The Hall–Kier alpha value is -0.910. The van der Waals surface area contributed by atoms with Gasteiger partial charge < -0.3 is 5.11 Å². The molecule has 0 aliphatic carbocycles. The molecule has 1 saturated heterocycles. The molecule has 1 aliphatic heterocycles. The molecule has 4 nitrogen and oxygen atoms in total. The molecule has 1 fully saturated rings. The van der Waals surface area contributed by atoms with E-state index in [-0.39, 0.29) is 12.5 Å². The Balaban J connectivity index is 2.22. The summed E-state index contributed by atoms with van der Waals surface area (Å²) in [6.07, 6.45) is 1.72. The number of aliphatic hydroxyl groups is 1. The second kappa shape index (κ2) is 5.38. The molecule has 0 bridgehead atoms. The minimum Gasteiger partial charge on any atom is -0.396 e.